The van der Waals surface area contributed by atoms with Crippen molar-refractivity contribution in [3.63, 3.8) is 0 Å². The van der Waals surface area contributed by atoms with Gasteiger partial charge in [0.25, 0.3) is 0 Å². The molecule has 0 spiro atoms. The predicted octanol–water partition coefficient (Wildman–Crippen LogP) is 3.35. The van der Waals surface area contributed by atoms with Gasteiger partial charge in [-0.1, -0.05) is 19.1 Å². The zero-order valence-corrected chi connectivity index (χ0v) is 11.5. The molecule has 3 heteroatoms. The molecule has 0 saturated heterocycles. The molecule has 0 radical (unpaired) electrons. The molecule has 0 amide bonds. The number of aryl methyl sites for hydroxylation is 1. The Morgan fingerprint density at radius 3 is 2.89 bits per heavy atom. The highest BCUT2D eigenvalue weighted by molar-refractivity contribution is 5.39. The van der Waals surface area contributed by atoms with Crippen molar-refractivity contribution < 1.29 is 4.74 Å². The number of nitrogens with one attached hydrogen (secondary N) is 1. The highest BCUT2D eigenvalue weighted by atomic mass is 16.5. The molecule has 0 aliphatic rings. The average Bonchev–Trinajstić information content (AvgIpc) is 2.35. The van der Waals surface area contributed by atoms with Gasteiger partial charge in [0.2, 0.25) is 0 Å². The van der Waals surface area contributed by atoms with Crippen LogP contribution in [0.25, 0.3) is 0 Å². The molecule has 0 fully saturated rings. The summed E-state index contributed by atoms with van der Waals surface area (Å²) in [5, 5.41) is 11.9. The van der Waals surface area contributed by atoms with Crippen LogP contribution in [0.15, 0.2) is 18.2 Å². The van der Waals surface area contributed by atoms with Crippen molar-refractivity contribution >= 4 is 0 Å². The second kappa shape index (κ2) is 7.73. The van der Waals surface area contributed by atoms with E-state index in [-0.39, 0.29) is 6.04 Å². The van der Waals surface area contributed by atoms with Gasteiger partial charge in [0, 0.05) is 18.0 Å². The van der Waals surface area contributed by atoms with Gasteiger partial charge in [-0.25, -0.2) is 0 Å². The lowest BCUT2D eigenvalue weighted by Gasteiger charge is -2.18. The Balaban J connectivity index is 2.73. The second-order valence-electron chi connectivity index (χ2n) is 4.43. The van der Waals surface area contributed by atoms with Crippen molar-refractivity contribution in [2.45, 2.75) is 39.7 Å². The zero-order valence-electron chi connectivity index (χ0n) is 11.5. The maximum atomic E-state index is 8.50. The number of benzene rings is 1. The molecule has 0 aliphatic heterocycles. The van der Waals surface area contributed by atoms with Crippen LogP contribution < -0.4 is 10.1 Å². The van der Waals surface area contributed by atoms with Crippen LogP contribution in [-0.4, -0.2) is 13.2 Å². The van der Waals surface area contributed by atoms with Crippen LogP contribution in [0.3, 0.4) is 0 Å². The predicted molar refractivity (Wildman–Crippen MR) is 73.6 cm³/mol. The summed E-state index contributed by atoms with van der Waals surface area (Å²) in [6.45, 7) is 7.82. The minimum Gasteiger partial charge on any atom is -0.493 e. The third kappa shape index (κ3) is 4.38. The third-order valence-corrected chi connectivity index (χ3v) is 2.84. The summed E-state index contributed by atoms with van der Waals surface area (Å²) in [6.07, 6.45) is 1.32. The van der Waals surface area contributed by atoms with E-state index >= 15 is 0 Å². The van der Waals surface area contributed by atoms with E-state index in [4.69, 9.17) is 10.00 Å². The van der Waals surface area contributed by atoms with Gasteiger partial charge >= 0.3 is 0 Å². The van der Waals surface area contributed by atoms with Crippen molar-refractivity contribution in [3.8, 4) is 11.8 Å². The number of nitrogens with zero attached hydrogens (tertiary/aromatic N) is 1. The molecule has 1 aromatic rings. The molecule has 1 atom stereocenters. The number of hydrogen-bond acceptors (Lipinski definition) is 3. The minimum atomic E-state index is 0.279. The largest absolute Gasteiger partial charge is 0.493 e. The van der Waals surface area contributed by atoms with Crippen LogP contribution in [0.2, 0.25) is 0 Å². The Bertz CT molecular complexity index is 409. The summed E-state index contributed by atoms with van der Waals surface area (Å²) in [5.41, 5.74) is 2.37. The van der Waals surface area contributed by atoms with Crippen molar-refractivity contribution in [1.29, 1.82) is 5.26 Å². The third-order valence-electron chi connectivity index (χ3n) is 2.84. The summed E-state index contributed by atoms with van der Waals surface area (Å²) in [4.78, 5) is 0. The van der Waals surface area contributed by atoms with E-state index < -0.39 is 0 Å². The zero-order chi connectivity index (χ0) is 13.4. The Morgan fingerprint density at radius 2 is 2.22 bits per heavy atom. The van der Waals surface area contributed by atoms with E-state index in [2.05, 4.69) is 50.4 Å². The highest BCUT2D eigenvalue weighted by Gasteiger charge is 2.10. The van der Waals surface area contributed by atoms with Gasteiger partial charge in [-0.2, -0.15) is 5.26 Å². The van der Waals surface area contributed by atoms with E-state index in [1.54, 1.807) is 0 Å². The number of rotatable bonds is 7. The standard InChI is InChI=1S/C15H22N2O/c1-4-17-13(3)14-8-7-12(2)11-15(14)18-10-6-5-9-16/h7-8,11,13,17H,4-6,10H2,1-3H3. The maximum Gasteiger partial charge on any atom is 0.124 e. The van der Waals surface area contributed by atoms with Crippen LogP contribution in [0, 0.1) is 18.3 Å². The molecule has 1 N–H and O–H groups in total. The molecule has 3 nitrogen and oxygen atoms in total. The van der Waals surface area contributed by atoms with Gasteiger partial charge < -0.3 is 10.1 Å². The van der Waals surface area contributed by atoms with Crippen LogP contribution in [0.1, 0.15) is 43.9 Å². The minimum absolute atomic E-state index is 0.279. The molecule has 98 valence electrons. The first-order valence-corrected chi connectivity index (χ1v) is 6.52. The lowest BCUT2D eigenvalue weighted by molar-refractivity contribution is 0.306. The lowest BCUT2D eigenvalue weighted by atomic mass is 10.0. The molecule has 18 heavy (non-hydrogen) atoms. The Kier molecular flexibility index (Phi) is 6.24. The first-order chi connectivity index (χ1) is 8.69. The molecular weight excluding hydrogens is 224 g/mol. The second-order valence-corrected chi connectivity index (χ2v) is 4.43. The molecule has 0 aliphatic carbocycles. The van der Waals surface area contributed by atoms with Crippen LogP contribution in [-0.2, 0) is 0 Å². The Morgan fingerprint density at radius 1 is 1.44 bits per heavy atom. The fourth-order valence-corrected chi connectivity index (χ4v) is 1.87. The fourth-order valence-electron chi connectivity index (χ4n) is 1.87. The van der Waals surface area contributed by atoms with E-state index in [9.17, 15) is 0 Å². The summed E-state index contributed by atoms with van der Waals surface area (Å²) in [7, 11) is 0. The van der Waals surface area contributed by atoms with Crippen molar-refractivity contribution in [2.24, 2.45) is 0 Å². The molecular formula is C15H22N2O. The van der Waals surface area contributed by atoms with Gasteiger partial charge in [0.1, 0.15) is 5.75 Å². The average molecular weight is 246 g/mol. The van der Waals surface area contributed by atoms with Crippen LogP contribution in [0.5, 0.6) is 5.75 Å². The fraction of sp³-hybridized carbons (Fsp3) is 0.533. The van der Waals surface area contributed by atoms with E-state index in [0.29, 0.717) is 13.0 Å². The molecule has 0 aromatic heterocycles. The number of hydrogen-bond donors (Lipinski definition) is 1. The quantitative estimate of drug-likeness (QED) is 0.750. The summed E-state index contributed by atoms with van der Waals surface area (Å²) < 4.78 is 5.80. The van der Waals surface area contributed by atoms with Crippen LogP contribution >= 0.6 is 0 Å². The van der Waals surface area contributed by atoms with E-state index in [1.807, 2.05) is 0 Å². The molecule has 1 rings (SSSR count). The van der Waals surface area contributed by atoms with Crippen molar-refractivity contribution in [1.82, 2.24) is 5.32 Å². The summed E-state index contributed by atoms with van der Waals surface area (Å²) in [6, 6.07) is 8.69. The Hall–Kier alpha value is -1.53. The summed E-state index contributed by atoms with van der Waals surface area (Å²) >= 11 is 0. The molecule has 1 aromatic carbocycles. The van der Waals surface area contributed by atoms with Gasteiger partial charge in [-0.3, -0.25) is 0 Å². The highest BCUT2D eigenvalue weighted by Crippen LogP contribution is 2.26. The normalized spacial score (nSPS) is 11.9. The smallest absolute Gasteiger partial charge is 0.124 e. The van der Waals surface area contributed by atoms with Gasteiger partial charge in [0.15, 0.2) is 0 Å². The SMILES string of the molecule is CCNC(C)c1ccc(C)cc1OCCCC#N. The molecule has 1 unspecified atom stereocenters. The van der Waals surface area contributed by atoms with Gasteiger partial charge in [0.05, 0.1) is 12.7 Å². The van der Waals surface area contributed by atoms with Gasteiger partial charge in [-0.05, 0) is 38.4 Å². The summed E-state index contributed by atoms with van der Waals surface area (Å²) in [5.74, 6) is 0.932. The monoisotopic (exact) mass is 246 g/mol. The first-order valence-electron chi connectivity index (χ1n) is 6.52. The topological polar surface area (TPSA) is 45.0 Å². The van der Waals surface area contributed by atoms with Crippen molar-refractivity contribution in [2.75, 3.05) is 13.2 Å². The first kappa shape index (κ1) is 14.5. The molecule has 0 saturated carbocycles. The van der Waals surface area contributed by atoms with Gasteiger partial charge in [-0.15, -0.1) is 0 Å². The molecule has 0 heterocycles. The Labute approximate surface area is 110 Å². The van der Waals surface area contributed by atoms with E-state index in [0.717, 1.165) is 18.7 Å². The molecule has 0 bridgehead atoms. The number of unbranched alkanes of at least 4 members (excludes halogenated alkanes) is 1. The van der Waals surface area contributed by atoms with Crippen molar-refractivity contribution in [3.05, 3.63) is 29.3 Å². The maximum absolute atomic E-state index is 8.50. The lowest BCUT2D eigenvalue weighted by Crippen LogP contribution is -2.18. The number of ether oxygens (including phenoxy) is 1. The van der Waals surface area contributed by atoms with E-state index in [1.165, 1.54) is 11.1 Å². The number of nitriles is 1. The van der Waals surface area contributed by atoms with Crippen LogP contribution in [0.4, 0.5) is 0 Å².